The van der Waals surface area contributed by atoms with Crippen LogP contribution in [0.3, 0.4) is 0 Å². The largest absolute Gasteiger partial charge is 0.309 e. The Morgan fingerprint density at radius 2 is 1.82 bits per heavy atom. The molecule has 0 spiro atoms. The van der Waals surface area contributed by atoms with E-state index in [4.69, 9.17) is 0 Å². The van der Waals surface area contributed by atoms with Gasteiger partial charge in [0.15, 0.2) is 0 Å². The van der Waals surface area contributed by atoms with Gasteiger partial charge in [-0.2, -0.15) is 0 Å². The summed E-state index contributed by atoms with van der Waals surface area (Å²) in [5, 5.41) is 3.00. The number of halogens is 2. The number of nitrogens with one attached hydrogen (secondary N) is 1. The first-order valence-corrected chi connectivity index (χ1v) is 5.24. The molecule has 2 aromatic rings. The molecule has 1 aromatic carbocycles. The first-order chi connectivity index (χ1) is 8.22. The number of pyridine rings is 1. The van der Waals surface area contributed by atoms with E-state index in [1.54, 1.807) is 25.2 Å². The van der Waals surface area contributed by atoms with Crippen LogP contribution in [0.2, 0.25) is 0 Å². The number of aromatic nitrogens is 1. The van der Waals surface area contributed by atoms with Crippen molar-refractivity contribution < 1.29 is 8.78 Å². The van der Waals surface area contributed by atoms with E-state index in [1.807, 2.05) is 0 Å². The predicted molar refractivity (Wildman–Crippen MR) is 61.5 cm³/mol. The van der Waals surface area contributed by atoms with E-state index >= 15 is 0 Å². The summed E-state index contributed by atoms with van der Waals surface area (Å²) in [7, 11) is 1.73. The molecule has 0 aliphatic carbocycles. The van der Waals surface area contributed by atoms with Crippen LogP contribution in [0.15, 0.2) is 42.7 Å². The van der Waals surface area contributed by atoms with Crippen molar-refractivity contribution in [2.45, 2.75) is 6.04 Å². The van der Waals surface area contributed by atoms with E-state index in [1.165, 1.54) is 24.5 Å². The van der Waals surface area contributed by atoms with Crippen LogP contribution in [0.25, 0.3) is 0 Å². The molecule has 1 aromatic heterocycles. The van der Waals surface area contributed by atoms with Crippen molar-refractivity contribution in [2.75, 3.05) is 7.05 Å². The van der Waals surface area contributed by atoms with E-state index in [0.29, 0.717) is 5.56 Å². The molecule has 0 bridgehead atoms. The van der Waals surface area contributed by atoms with Gasteiger partial charge in [-0.1, -0.05) is 12.1 Å². The summed E-state index contributed by atoms with van der Waals surface area (Å²) in [4.78, 5) is 3.71. The summed E-state index contributed by atoms with van der Waals surface area (Å²) in [6.07, 6.45) is 2.70. The maximum atomic E-state index is 13.6. The van der Waals surface area contributed by atoms with Crippen LogP contribution in [0, 0.1) is 11.6 Å². The Hall–Kier alpha value is -1.81. The normalized spacial score (nSPS) is 12.4. The number of nitrogens with zero attached hydrogens (tertiary/aromatic N) is 1. The number of hydrogen-bond acceptors (Lipinski definition) is 2. The van der Waals surface area contributed by atoms with Gasteiger partial charge in [0.2, 0.25) is 0 Å². The zero-order chi connectivity index (χ0) is 12.3. The van der Waals surface area contributed by atoms with Crippen molar-refractivity contribution in [3.63, 3.8) is 0 Å². The van der Waals surface area contributed by atoms with Gasteiger partial charge >= 0.3 is 0 Å². The van der Waals surface area contributed by atoms with E-state index in [0.717, 1.165) is 5.56 Å². The van der Waals surface area contributed by atoms with Gasteiger partial charge in [0.05, 0.1) is 12.2 Å². The molecular formula is C13H12F2N2. The summed E-state index contributed by atoms with van der Waals surface area (Å²) in [6.45, 7) is 0. The van der Waals surface area contributed by atoms with Gasteiger partial charge in [-0.05, 0) is 30.8 Å². The molecule has 88 valence electrons. The molecule has 0 saturated heterocycles. The van der Waals surface area contributed by atoms with Gasteiger partial charge in [0.1, 0.15) is 11.6 Å². The smallest absolute Gasteiger partial charge is 0.146 e. The van der Waals surface area contributed by atoms with Gasteiger partial charge in [-0.15, -0.1) is 0 Å². The Bertz CT molecular complexity index is 497. The maximum absolute atomic E-state index is 13.6. The lowest BCUT2D eigenvalue weighted by atomic mass is 9.99. The van der Waals surface area contributed by atoms with Crippen molar-refractivity contribution in [3.8, 4) is 0 Å². The molecule has 0 aliphatic heterocycles. The molecule has 1 N–H and O–H groups in total. The van der Waals surface area contributed by atoms with Crippen LogP contribution in [0.4, 0.5) is 8.78 Å². The highest BCUT2D eigenvalue weighted by Gasteiger charge is 2.15. The summed E-state index contributed by atoms with van der Waals surface area (Å²) in [6, 6.07) is 7.29. The predicted octanol–water partition coefficient (Wildman–Crippen LogP) is 2.67. The van der Waals surface area contributed by atoms with Crippen molar-refractivity contribution in [3.05, 3.63) is 65.5 Å². The van der Waals surface area contributed by atoms with Crippen LogP contribution in [0.1, 0.15) is 17.2 Å². The molecule has 0 amide bonds. The minimum atomic E-state index is -0.379. The van der Waals surface area contributed by atoms with Crippen molar-refractivity contribution in [1.29, 1.82) is 0 Å². The Balaban J connectivity index is 2.40. The second kappa shape index (κ2) is 5.01. The Labute approximate surface area is 98.3 Å². The van der Waals surface area contributed by atoms with Crippen molar-refractivity contribution in [1.82, 2.24) is 10.3 Å². The fraction of sp³-hybridized carbons (Fsp3) is 0.154. The molecule has 0 aliphatic rings. The number of rotatable bonds is 3. The molecule has 1 atom stereocenters. The molecule has 2 nitrogen and oxygen atoms in total. The van der Waals surface area contributed by atoms with Crippen LogP contribution >= 0.6 is 0 Å². The maximum Gasteiger partial charge on any atom is 0.146 e. The molecule has 1 unspecified atom stereocenters. The minimum Gasteiger partial charge on any atom is -0.309 e. The molecule has 1 heterocycles. The molecule has 0 saturated carbocycles. The van der Waals surface area contributed by atoms with Crippen molar-refractivity contribution in [2.24, 2.45) is 0 Å². The van der Waals surface area contributed by atoms with Crippen LogP contribution in [-0.4, -0.2) is 12.0 Å². The molecule has 2 rings (SSSR count). The highest BCUT2D eigenvalue weighted by molar-refractivity contribution is 5.31. The molecule has 0 radical (unpaired) electrons. The summed E-state index contributed by atoms with van der Waals surface area (Å²) in [5.41, 5.74) is 1.30. The molecule has 0 fully saturated rings. The Morgan fingerprint density at radius 3 is 2.41 bits per heavy atom. The average molecular weight is 234 g/mol. The first kappa shape index (κ1) is 11.7. The third-order valence-corrected chi connectivity index (χ3v) is 2.61. The highest BCUT2D eigenvalue weighted by Crippen LogP contribution is 2.23. The first-order valence-electron chi connectivity index (χ1n) is 5.24. The van der Waals surface area contributed by atoms with E-state index in [9.17, 15) is 8.78 Å². The zero-order valence-corrected chi connectivity index (χ0v) is 9.32. The average Bonchev–Trinajstić information content (AvgIpc) is 2.35. The zero-order valence-electron chi connectivity index (χ0n) is 9.32. The standard InChI is InChI=1S/C13H12F2N2/c1-16-13(9-2-4-10(14)5-3-9)11-6-7-17-8-12(11)15/h2-8,13,16H,1H3. The number of benzene rings is 1. The molecule has 4 heteroatoms. The van der Waals surface area contributed by atoms with Crippen LogP contribution in [0.5, 0.6) is 0 Å². The SMILES string of the molecule is CNC(c1ccc(F)cc1)c1ccncc1F. The van der Waals surface area contributed by atoms with Gasteiger partial charge in [0.25, 0.3) is 0 Å². The van der Waals surface area contributed by atoms with E-state index < -0.39 is 0 Å². The fourth-order valence-corrected chi connectivity index (χ4v) is 1.78. The lowest BCUT2D eigenvalue weighted by molar-refractivity contribution is 0.569. The minimum absolute atomic E-state index is 0.307. The fourth-order valence-electron chi connectivity index (χ4n) is 1.78. The van der Waals surface area contributed by atoms with Crippen molar-refractivity contribution >= 4 is 0 Å². The van der Waals surface area contributed by atoms with Gasteiger partial charge in [-0.25, -0.2) is 8.78 Å². The quantitative estimate of drug-likeness (QED) is 0.883. The third-order valence-electron chi connectivity index (χ3n) is 2.61. The lowest BCUT2D eigenvalue weighted by Gasteiger charge is -2.17. The second-order valence-corrected chi connectivity index (χ2v) is 3.67. The Morgan fingerprint density at radius 1 is 1.12 bits per heavy atom. The third kappa shape index (κ3) is 2.47. The van der Waals surface area contributed by atoms with Crippen LogP contribution < -0.4 is 5.32 Å². The Kier molecular flexibility index (Phi) is 3.44. The number of hydrogen-bond donors (Lipinski definition) is 1. The van der Waals surface area contributed by atoms with Crippen LogP contribution in [-0.2, 0) is 0 Å². The van der Waals surface area contributed by atoms with Gasteiger partial charge in [0, 0.05) is 11.8 Å². The summed E-state index contributed by atoms with van der Waals surface area (Å²) in [5.74, 6) is -0.685. The van der Waals surface area contributed by atoms with Gasteiger partial charge in [-0.3, -0.25) is 4.98 Å². The lowest BCUT2D eigenvalue weighted by Crippen LogP contribution is -2.19. The van der Waals surface area contributed by atoms with E-state index in [2.05, 4.69) is 10.3 Å². The molecular weight excluding hydrogens is 222 g/mol. The van der Waals surface area contributed by atoms with E-state index in [-0.39, 0.29) is 17.7 Å². The molecule has 17 heavy (non-hydrogen) atoms. The summed E-state index contributed by atoms with van der Waals surface area (Å²) >= 11 is 0. The second-order valence-electron chi connectivity index (χ2n) is 3.67. The summed E-state index contributed by atoms with van der Waals surface area (Å²) < 4.78 is 26.4. The van der Waals surface area contributed by atoms with Gasteiger partial charge < -0.3 is 5.32 Å². The highest BCUT2D eigenvalue weighted by atomic mass is 19.1. The monoisotopic (exact) mass is 234 g/mol. The topological polar surface area (TPSA) is 24.9 Å².